The number of benzene rings is 1. The molecule has 0 saturated carbocycles. The summed E-state index contributed by atoms with van der Waals surface area (Å²) in [6.07, 6.45) is 6.09. The van der Waals surface area contributed by atoms with Gasteiger partial charge in [-0.05, 0) is 23.8 Å². The molecule has 10 nitrogen and oxygen atoms in total. The van der Waals surface area contributed by atoms with Crippen molar-refractivity contribution in [2.24, 2.45) is 0 Å². The first-order valence-corrected chi connectivity index (χ1v) is 10.9. The van der Waals surface area contributed by atoms with Gasteiger partial charge in [0.25, 0.3) is 0 Å². The summed E-state index contributed by atoms with van der Waals surface area (Å²) >= 11 is 0. The highest BCUT2D eigenvalue weighted by molar-refractivity contribution is 5.94. The van der Waals surface area contributed by atoms with Crippen LogP contribution in [0.3, 0.4) is 0 Å². The largest absolute Gasteiger partial charge is 0.493 e. The molecule has 1 aromatic carbocycles. The predicted octanol–water partition coefficient (Wildman–Crippen LogP) is 1.67. The van der Waals surface area contributed by atoms with Crippen LogP contribution in [0.5, 0.6) is 5.75 Å². The van der Waals surface area contributed by atoms with Gasteiger partial charge >= 0.3 is 0 Å². The van der Waals surface area contributed by atoms with Crippen LogP contribution in [0.15, 0.2) is 49.1 Å². The second-order valence-electron chi connectivity index (χ2n) is 7.99. The molecule has 3 aromatic heterocycles. The molecule has 0 bridgehead atoms. The summed E-state index contributed by atoms with van der Waals surface area (Å²) in [5.41, 5.74) is 4.80. The number of nitrogens with zero attached hydrogens (tertiary/aromatic N) is 6. The lowest BCUT2D eigenvalue weighted by molar-refractivity contribution is -0.118. The van der Waals surface area contributed by atoms with E-state index in [0.29, 0.717) is 37.0 Å². The highest BCUT2D eigenvalue weighted by Crippen LogP contribution is 2.29. The molecule has 6 rings (SSSR count). The van der Waals surface area contributed by atoms with Crippen molar-refractivity contribution < 1.29 is 9.53 Å². The molecule has 2 N–H and O–H groups in total. The van der Waals surface area contributed by atoms with Gasteiger partial charge in [-0.25, -0.2) is 9.97 Å². The van der Waals surface area contributed by atoms with E-state index in [2.05, 4.69) is 36.9 Å². The summed E-state index contributed by atoms with van der Waals surface area (Å²) in [5, 5.41) is 14.9. The number of piperazine rings is 1. The summed E-state index contributed by atoms with van der Waals surface area (Å²) in [4.78, 5) is 23.0. The van der Waals surface area contributed by atoms with Gasteiger partial charge in [-0.2, -0.15) is 0 Å². The van der Waals surface area contributed by atoms with E-state index in [9.17, 15) is 4.79 Å². The van der Waals surface area contributed by atoms with Gasteiger partial charge in [0.1, 0.15) is 17.9 Å². The Morgan fingerprint density at radius 1 is 1.15 bits per heavy atom. The number of ether oxygens (including phenoxy) is 1. The van der Waals surface area contributed by atoms with Gasteiger partial charge in [-0.15, -0.1) is 10.2 Å². The maximum atomic E-state index is 12.1. The molecule has 0 atom stereocenters. The zero-order valence-corrected chi connectivity index (χ0v) is 17.9. The fourth-order valence-corrected chi connectivity index (χ4v) is 4.34. The van der Waals surface area contributed by atoms with Crippen molar-refractivity contribution in [3.63, 3.8) is 0 Å². The Labute approximate surface area is 189 Å². The van der Waals surface area contributed by atoms with Gasteiger partial charge in [-0.3, -0.25) is 14.1 Å². The summed E-state index contributed by atoms with van der Waals surface area (Å²) in [6, 6.07) is 9.92. The van der Waals surface area contributed by atoms with Crippen molar-refractivity contribution in [3.8, 4) is 16.9 Å². The second-order valence-corrected chi connectivity index (χ2v) is 7.99. The average molecular weight is 442 g/mol. The standard InChI is InChI=1S/C23H22N8O2/c32-21-13-24-7-8-30(21)20-5-4-16(10-25-20)18-12-27-23(31-14-28-29-22(18)31)26-11-15-2-1-3-19-17(15)6-9-33-19/h1-5,10,12,14,24H,6-9,11,13H2,(H,26,27). The molecular formula is C23H22N8O2. The Balaban J connectivity index is 1.26. The third-order valence-corrected chi connectivity index (χ3v) is 6.03. The third-order valence-electron chi connectivity index (χ3n) is 6.03. The first-order chi connectivity index (χ1) is 16.3. The van der Waals surface area contributed by atoms with E-state index in [4.69, 9.17) is 4.74 Å². The Morgan fingerprint density at radius 2 is 2.12 bits per heavy atom. The Kier molecular flexibility index (Phi) is 4.84. The van der Waals surface area contributed by atoms with Crippen LogP contribution in [0.25, 0.3) is 16.8 Å². The molecule has 1 fully saturated rings. The third kappa shape index (κ3) is 3.54. The first kappa shape index (κ1) is 19.6. The van der Waals surface area contributed by atoms with E-state index in [0.717, 1.165) is 36.4 Å². The van der Waals surface area contributed by atoms with Gasteiger partial charge in [0.05, 0.1) is 13.2 Å². The lowest BCUT2D eigenvalue weighted by atomic mass is 10.1. The van der Waals surface area contributed by atoms with Crippen molar-refractivity contribution >= 4 is 23.3 Å². The van der Waals surface area contributed by atoms with Crippen LogP contribution in [0.2, 0.25) is 0 Å². The minimum absolute atomic E-state index is 0.0223. The van der Waals surface area contributed by atoms with Crippen LogP contribution < -0.4 is 20.3 Å². The zero-order chi connectivity index (χ0) is 22.2. The lowest BCUT2D eigenvalue weighted by Crippen LogP contribution is -2.48. The van der Waals surface area contributed by atoms with Crippen LogP contribution in [-0.4, -0.2) is 56.7 Å². The number of aromatic nitrogens is 5. The maximum absolute atomic E-state index is 12.1. The van der Waals surface area contributed by atoms with Crippen molar-refractivity contribution in [1.29, 1.82) is 0 Å². The topological polar surface area (TPSA) is 110 Å². The van der Waals surface area contributed by atoms with E-state index in [1.165, 1.54) is 11.1 Å². The Morgan fingerprint density at radius 3 is 3.00 bits per heavy atom. The lowest BCUT2D eigenvalue weighted by Gasteiger charge is -2.26. The van der Waals surface area contributed by atoms with Crippen LogP contribution in [-0.2, 0) is 17.8 Å². The summed E-state index contributed by atoms with van der Waals surface area (Å²) in [7, 11) is 0. The number of pyridine rings is 1. The van der Waals surface area contributed by atoms with E-state index >= 15 is 0 Å². The average Bonchev–Trinajstić information content (AvgIpc) is 3.53. The number of carbonyl (C=O) groups excluding carboxylic acids is 1. The van der Waals surface area contributed by atoms with E-state index in [1.807, 2.05) is 28.7 Å². The van der Waals surface area contributed by atoms with Gasteiger partial charge in [0, 0.05) is 55.1 Å². The first-order valence-electron chi connectivity index (χ1n) is 10.9. The summed E-state index contributed by atoms with van der Waals surface area (Å²) in [6.45, 7) is 3.05. The minimum atomic E-state index is 0.0223. The van der Waals surface area contributed by atoms with Gasteiger partial charge in [0.2, 0.25) is 11.9 Å². The van der Waals surface area contributed by atoms with Crippen LogP contribution in [0.1, 0.15) is 11.1 Å². The molecule has 0 aliphatic carbocycles. The van der Waals surface area contributed by atoms with E-state index in [-0.39, 0.29) is 5.91 Å². The number of anilines is 2. The van der Waals surface area contributed by atoms with Crippen LogP contribution in [0, 0.1) is 0 Å². The van der Waals surface area contributed by atoms with Gasteiger partial charge in [0.15, 0.2) is 5.65 Å². The SMILES string of the molecule is O=C1CNCCN1c1ccc(-c2cnc(NCc3cccc4c3CCO4)n3cnnc23)cn1. The minimum Gasteiger partial charge on any atom is -0.493 e. The van der Waals surface area contributed by atoms with Crippen LogP contribution >= 0.6 is 0 Å². The zero-order valence-electron chi connectivity index (χ0n) is 17.9. The molecule has 10 heteroatoms. The molecule has 0 radical (unpaired) electrons. The molecule has 33 heavy (non-hydrogen) atoms. The number of rotatable bonds is 5. The molecule has 2 aliphatic rings. The number of nitrogens with one attached hydrogen (secondary N) is 2. The van der Waals surface area contributed by atoms with Gasteiger partial charge < -0.3 is 15.4 Å². The van der Waals surface area contributed by atoms with Crippen LogP contribution in [0.4, 0.5) is 11.8 Å². The molecule has 2 aliphatic heterocycles. The number of amides is 1. The highest BCUT2D eigenvalue weighted by atomic mass is 16.5. The number of hydrogen-bond donors (Lipinski definition) is 2. The summed E-state index contributed by atoms with van der Waals surface area (Å²) in [5.74, 6) is 2.29. The number of carbonyl (C=O) groups is 1. The van der Waals surface area contributed by atoms with E-state index < -0.39 is 0 Å². The van der Waals surface area contributed by atoms with Gasteiger partial charge in [-0.1, -0.05) is 12.1 Å². The Bertz CT molecular complexity index is 1330. The van der Waals surface area contributed by atoms with Crippen molar-refractivity contribution in [1.82, 2.24) is 29.9 Å². The monoisotopic (exact) mass is 442 g/mol. The molecule has 0 spiro atoms. The highest BCUT2D eigenvalue weighted by Gasteiger charge is 2.21. The number of fused-ring (bicyclic) bond motifs is 2. The smallest absolute Gasteiger partial charge is 0.242 e. The fraction of sp³-hybridized carbons (Fsp3) is 0.261. The quantitative estimate of drug-likeness (QED) is 0.480. The van der Waals surface area contributed by atoms with Crippen molar-refractivity contribution in [3.05, 3.63) is 60.2 Å². The molecule has 1 saturated heterocycles. The van der Waals surface area contributed by atoms with E-state index in [1.54, 1.807) is 23.6 Å². The molecule has 1 amide bonds. The molecule has 5 heterocycles. The Hall–Kier alpha value is -4.05. The fourth-order valence-electron chi connectivity index (χ4n) is 4.34. The van der Waals surface area contributed by atoms with Crippen molar-refractivity contribution in [2.45, 2.75) is 13.0 Å². The normalized spacial score (nSPS) is 15.5. The number of hydrogen-bond acceptors (Lipinski definition) is 8. The molecule has 4 aromatic rings. The summed E-state index contributed by atoms with van der Waals surface area (Å²) < 4.78 is 7.50. The molecule has 166 valence electrons. The maximum Gasteiger partial charge on any atom is 0.242 e. The molecule has 0 unspecified atom stereocenters. The van der Waals surface area contributed by atoms with Crippen molar-refractivity contribution in [2.75, 3.05) is 36.5 Å². The second kappa shape index (κ2) is 8.14. The predicted molar refractivity (Wildman–Crippen MR) is 122 cm³/mol. The molecular weight excluding hydrogens is 420 g/mol.